The second-order valence-corrected chi connectivity index (χ2v) is 4.79. The summed E-state index contributed by atoms with van der Waals surface area (Å²) in [7, 11) is 1.38. The lowest BCUT2D eigenvalue weighted by molar-refractivity contribution is 0.0600. The van der Waals surface area contributed by atoms with Crippen LogP contribution in [0.5, 0.6) is 5.75 Å². The zero-order valence-corrected chi connectivity index (χ0v) is 12.1. The zero-order valence-electron chi connectivity index (χ0n) is 12.1. The Morgan fingerprint density at radius 1 is 1.16 bits per heavy atom. The van der Waals surface area contributed by atoms with Gasteiger partial charge in [-0.25, -0.2) is 4.79 Å². The van der Waals surface area contributed by atoms with Crippen molar-refractivity contribution in [2.75, 3.05) is 7.11 Å². The molecule has 0 radical (unpaired) electrons. The number of unbranched alkanes of at least 4 members (excludes halogenated alkanes) is 3. The standard InChI is InChI=1S/C16H24O3/c1-4-5-6-7-8-13(2)19-15-11-9-14(10-12-15)16(17)18-3/h9-13H,4-8H2,1-3H3/t13-/m1/s1. The molecule has 0 aliphatic carbocycles. The van der Waals surface area contributed by atoms with Crippen molar-refractivity contribution < 1.29 is 14.3 Å². The van der Waals surface area contributed by atoms with E-state index in [0.29, 0.717) is 5.56 Å². The molecule has 0 heterocycles. The number of esters is 1. The van der Waals surface area contributed by atoms with Gasteiger partial charge in [0.05, 0.1) is 18.8 Å². The van der Waals surface area contributed by atoms with Crippen molar-refractivity contribution >= 4 is 5.97 Å². The van der Waals surface area contributed by atoms with E-state index in [2.05, 4.69) is 18.6 Å². The van der Waals surface area contributed by atoms with Gasteiger partial charge >= 0.3 is 5.97 Å². The van der Waals surface area contributed by atoms with Crippen LogP contribution in [0.25, 0.3) is 0 Å². The summed E-state index contributed by atoms with van der Waals surface area (Å²) < 4.78 is 10.5. The molecule has 0 saturated heterocycles. The summed E-state index contributed by atoms with van der Waals surface area (Å²) in [4.78, 5) is 11.3. The average molecular weight is 264 g/mol. The molecule has 0 aliphatic heterocycles. The van der Waals surface area contributed by atoms with Crippen LogP contribution in [0.4, 0.5) is 0 Å². The molecule has 0 aromatic heterocycles. The first-order valence-corrected chi connectivity index (χ1v) is 7.02. The van der Waals surface area contributed by atoms with E-state index in [-0.39, 0.29) is 12.1 Å². The van der Waals surface area contributed by atoms with Gasteiger partial charge in [0.1, 0.15) is 5.75 Å². The van der Waals surface area contributed by atoms with E-state index in [1.165, 1.54) is 32.8 Å². The largest absolute Gasteiger partial charge is 0.491 e. The summed E-state index contributed by atoms with van der Waals surface area (Å²) in [5.74, 6) is 0.481. The SMILES string of the molecule is CCCCCC[C@@H](C)Oc1ccc(C(=O)OC)cc1. The first-order chi connectivity index (χ1) is 9.17. The molecular weight excluding hydrogens is 240 g/mol. The molecule has 1 aromatic carbocycles. The normalized spacial score (nSPS) is 11.9. The Morgan fingerprint density at radius 2 is 1.84 bits per heavy atom. The van der Waals surface area contributed by atoms with Crippen LogP contribution >= 0.6 is 0 Å². The molecular formula is C16H24O3. The topological polar surface area (TPSA) is 35.5 Å². The van der Waals surface area contributed by atoms with Crippen molar-refractivity contribution in [3.63, 3.8) is 0 Å². The van der Waals surface area contributed by atoms with Crippen LogP contribution in [0.15, 0.2) is 24.3 Å². The Labute approximate surface area is 115 Å². The van der Waals surface area contributed by atoms with E-state index in [4.69, 9.17) is 4.74 Å². The predicted octanol–water partition coefficient (Wildman–Crippen LogP) is 4.21. The second kappa shape index (κ2) is 8.57. The smallest absolute Gasteiger partial charge is 0.337 e. The molecule has 0 fully saturated rings. The number of ether oxygens (including phenoxy) is 2. The van der Waals surface area contributed by atoms with Crippen molar-refractivity contribution in [2.45, 2.75) is 52.1 Å². The predicted molar refractivity (Wildman–Crippen MR) is 76.6 cm³/mol. The van der Waals surface area contributed by atoms with Gasteiger partial charge in [-0.05, 0) is 44.0 Å². The van der Waals surface area contributed by atoms with E-state index in [1.807, 2.05) is 12.1 Å². The number of benzene rings is 1. The fourth-order valence-electron chi connectivity index (χ4n) is 1.94. The highest BCUT2D eigenvalue weighted by Gasteiger charge is 2.07. The van der Waals surface area contributed by atoms with E-state index in [1.54, 1.807) is 12.1 Å². The molecule has 0 saturated carbocycles. The fraction of sp³-hybridized carbons (Fsp3) is 0.562. The van der Waals surface area contributed by atoms with Crippen LogP contribution < -0.4 is 4.74 Å². The molecule has 0 spiro atoms. The Bertz CT molecular complexity index is 370. The minimum atomic E-state index is -0.320. The zero-order chi connectivity index (χ0) is 14.1. The number of carbonyl (C=O) groups excluding carboxylic acids is 1. The molecule has 3 heteroatoms. The van der Waals surface area contributed by atoms with Crippen LogP contribution in [0, 0.1) is 0 Å². The number of hydrogen-bond donors (Lipinski definition) is 0. The second-order valence-electron chi connectivity index (χ2n) is 4.79. The van der Waals surface area contributed by atoms with Crippen molar-refractivity contribution in [1.29, 1.82) is 0 Å². The van der Waals surface area contributed by atoms with Crippen LogP contribution in [-0.4, -0.2) is 19.2 Å². The lowest BCUT2D eigenvalue weighted by atomic mass is 10.1. The highest BCUT2D eigenvalue weighted by atomic mass is 16.5. The molecule has 1 atom stereocenters. The summed E-state index contributed by atoms with van der Waals surface area (Å²) >= 11 is 0. The molecule has 1 aromatic rings. The van der Waals surface area contributed by atoms with E-state index in [9.17, 15) is 4.79 Å². The van der Waals surface area contributed by atoms with E-state index >= 15 is 0 Å². The minimum absolute atomic E-state index is 0.209. The third kappa shape index (κ3) is 5.77. The number of hydrogen-bond acceptors (Lipinski definition) is 3. The third-order valence-corrected chi connectivity index (χ3v) is 3.08. The van der Waals surface area contributed by atoms with Gasteiger partial charge in [0.25, 0.3) is 0 Å². The Balaban J connectivity index is 2.38. The Hall–Kier alpha value is -1.51. The molecule has 3 nitrogen and oxygen atoms in total. The van der Waals surface area contributed by atoms with Gasteiger partial charge in [-0.15, -0.1) is 0 Å². The van der Waals surface area contributed by atoms with Gasteiger partial charge in [0, 0.05) is 0 Å². The van der Waals surface area contributed by atoms with Gasteiger partial charge in [0.2, 0.25) is 0 Å². The van der Waals surface area contributed by atoms with Crippen molar-refractivity contribution in [3.8, 4) is 5.75 Å². The lowest BCUT2D eigenvalue weighted by Gasteiger charge is -2.14. The summed E-state index contributed by atoms with van der Waals surface area (Å²) in [6.45, 7) is 4.29. The average Bonchev–Trinajstić information content (AvgIpc) is 2.43. The lowest BCUT2D eigenvalue weighted by Crippen LogP contribution is -2.11. The molecule has 0 aliphatic rings. The first kappa shape index (κ1) is 15.5. The molecule has 1 rings (SSSR count). The molecule has 0 amide bonds. The van der Waals surface area contributed by atoms with Crippen LogP contribution in [0.2, 0.25) is 0 Å². The third-order valence-electron chi connectivity index (χ3n) is 3.08. The van der Waals surface area contributed by atoms with Crippen molar-refractivity contribution in [2.24, 2.45) is 0 Å². The Kier molecular flexibility index (Phi) is 7.01. The first-order valence-electron chi connectivity index (χ1n) is 7.02. The maximum atomic E-state index is 11.3. The molecule has 0 unspecified atom stereocenters. The van der Waals surface area contributed by atoms with Crippen molar-refractivity contribution in [1.82, 2.24) is 0 Å². The van der Waals surface area contributed by atoms with Gasteiger partial charge < -0.3 is 9.47 Å². The summed E-state index contributed by atoms with van der Waals surface area (Å²) in [6.07, 6.45) is 6.30. The minimum Gasteiger partial charge on any atom is -0.491 e. The summed E-state index contributed by atoms with van der Waals surface area (Å²) in [5, 5.41) is 0. The van der Waals surface area contributed by atoms with Gasteiger partial charge in [-0.3, -0.25) is 0 Å². The van der Waals surface area contributed by atoms with E-state index in [0.717, 1.165) is 12.2 Å². The fourth-order valence-corrected chi connectivity index (χ4v) is 1.94. The van der Waals surface area contributed by atoms with Crippen LogP contribution in [-0.2, 0) is 4.74 Å². The Morgan fingerprint density at radius 3 is 2.42 bits per heavy atom. The maximum absolute atomic E-state index is 11.3. The quantitative estimate of drug-likeness (QED) is 0.521. The van der Waals surface area contributed by atoms with E-state index < -0.39 is 0 Å². The van der Waals surface area contributed by atoms with Gasteiger partial charge in [-0.1, -0.05) is 26.2 Å². The molecule has 106 valence electrons. The van der Waals surface area contributed by atoms with Crippen LogP contribution in [0.1, 0.15) is 56.3 Å². The van der Waals surface area contributed by atoms with Crippen LogP contribution in [0.3, 0.4) is 0 Å². The highest BCUT2D eigenvalue weighted by molar-refractivity contribution is 5.89. The summed E-state index contributed by atoms with van der Waals surface area (Å²) in [5.41, 5.74) is 0.547. The highest BCUT2D eigenvalue weighted by Crippen LogP contribution is 2.16. The monoisotopic (exact) mass is 264 g/mol. The molecule has 0 bridgehead atoms. The molecule has 19 heavy (non-hydrogen) atoms. The summed E-state index contributed by atoms with van der Waals surface area (Å²) in [6, 6.07) is 7.08. The van der Waals surface area contributed by atoms with Gasteiger partial charge in [0.15, 0.2) is 0 Å². The number of methoxy groups -OCH3 is 1. The number of rotatable bonds is 8. The van der Waals surface area contributed by atoms with Gasteiger partial charge in [-0.2, -0.15) is 0 Å². The molecule has 0 N–H and O–H groups in total. The van der Waals surface area contributed by atoms with Crippen molar-refractivity contribution in [3.05, 3.63) is 29.8 Å². The maximum Gasteiger partial charge on any atom is 0.337 e. The number of carbonyl (C=O) groups is 1.